The lowest BCUT2D eigenvalue weighted by atomic mass is 9.84. The number of rotatable bonds is 3. The van der Waals surface area contributed by atoms with E-state index in [0.717, 1.165) is 23.8 Å². The Balaban J connectivity index is 1.73. The third-order valence-electron chi connectivity index (χ3n) is 3.66. The van der Waals surface area contributed by atoms with Gasteiger partial charge in [0.25, 0.3) is 0 Å². The van der Waals surface area contributed by atoms with Crippen LogP contribution < -0.4 is 5.32 Å². The summed E-state index contributed by atoms with van der Waals surface area (Å²) >= 11 is 0. The molecule has 0 saturated heterocycles. The minimum atomic E-state index is 0.798. The summed E-state index contributed by atoms with van der Waals surface area (Å²) < 4.78 is 0. The minimum absolute atomic E-state index is 0.798. The van der Waals surface area contributed by atoms with E-state index in [1.165, 1.54) is 25.8 Å². The fourth-order valence-corrected chi connectivity index (χ4v) is 2.77. The van der Waals surface area contributed by atoms with Gasteiger partial charge in [-0.05, 0) is 50.5 Å². The summed E-state index contributed by atoms with van der Waals surface area (Å²) in [5, 5.41) is 3.69. The number of hydrogen-bond acceptors (Lipinski definition) is 1. The molecular formula is C13H23N. The third-order valence-corrected chi connectivity index (χ3v) is 3.66. The first-order chi connectivity index (χ1) is 6.65. The Hall–Kier alpha value is -0.300. The van der Waals surface area contributed by atoms with Crippen molar-refractivity contribution in [3.05, 3.63) is 11.6 Å². The number of nitrogens with one attached hydrogen (secondary N) is 1. The van der Waals surface area contributed by atoms with Gasteiger partial charge in [0, 0.05) is 6.04 Å². The van der Waals surface area contributed by atoms with Crippen molar-refractivity contribution in [3.63, 3.8) is 0 Å². The zero-order valence-corrected chi connectivity index (χ0v) is 9.72. The van der Waals surface area contributed by atoms with Crippen molar-refractivity contribution >= 4 is 0 Å². The summed E-state index contributed by atoms with van der Waals surface area (Å²) in [6, 6.07) is 0.844. The van der Waals surface area contributed by atoms with E-state index in [0.29, 0.717) is 0 Å². The van der Waals surface area contributed by atoms with Gasteiger partial charge in [0.2, 0.25) is 0 Å². The quantitative estimate of drug-likeness (QED) is 0.679. The predicted molar refractivity (Wildman–Crippen MR) is 61.2 cm³/mol. The molecule has 0 radical (unpaired) electrons. The van der Waals surface area contributed by atoms with Gasteiger partial charge >= 0.3 is 0 Å². The zero-order valence-electron chi connectivity index (χ0n) is 9.72. The highest BCUT2D eigenvalue weighted by Gasteiger charge is 2.32. The highest BCUT2D eigenvalue weighted by molar-refractivity contribution is 5.06. The van der Waals surface area contributed by atoms with Crippen molar-refractivity contribution in [3.8, 4) is 0 Å². The van der Waals surface area contributed by atoms with Crippen LogP contribution in [0, 0.1) is 17.8 Å². The van der Waals surface area contributed by atoms with Crippen molar-refractivity contribution in [2.75, 3.05) is 6.54 Å². The molecule has 1 fully saturated rings. The Morgan fingerprint density at radius 2 is 2.07 bits per heavy atom. The maximum Gasteiger partial charge on any atom is 0.00965 e. The smallest absolute Gasteiger partial charge is 0.00965 e. The van der Waals surface area contributed by atoms with E-state index in [9.17, 15) is 0 Å². The Kier molecular flexibility index (Phi) is 2.96. The van der Waals surface area contributed by atoms with Gasteiger partial charge in [-0.2, -0.15) is 0 Å². The highest BCUT2D eigenvalue weighted by atomic mass is 15.0. The molecule has 4 atom stereocenters. The van der Waals surface area contributed by atoms with Crippen LogP contribution in [0.25, 0.3) is 0 Å². The summed E-state index contributed by atoms with van der Waals surface area (Å²) in [4.78, 5) is 0. The van der Waals surface area contributed by atoms with E-state index in [1.54, 1.807) is 5.57 Å². The lowest BCUT2D eigenvalue weighted by Crippen LogP contribution is -2.28. The van der Waals surface area contributed by atoms with Gasteiger partial charge in [0.15, 0.2) is 0 Å². The molecule has 0 aromatic heterocycles. The Bertz CT molecular complexity index is 231. The van der Waals surface area contributed by atoms with Gasteiger partial charge in [-0.25, -0.2) is 0 Å². The maximum absolute atomic E-state index is 3.69. The van der Waals surface area contributed by atoms with E-state index in [2.05, 4.69) is 32.2 Å². The van der Waals surface area contributed by atoms with Crippen LogP contribution in [0.2, 0.25) is 0 Å². The lowest BCUT2D eigenvalue weighted by Gasteiger charge is -2.25. The third kappa shape index (κ3) is 2.60. The molecule has 4 unspecified atom stereocenters. The Morgan fingerprint density at radius 1 is 1.36 bits per heavy atom. The lowest BCUT2D eigenvalue weighted by molar-refractivity contribution is 0.378. The van der Waals surface area contributed by atoms with Gasteiger partial charge in [-0.3, -0.25) is 0 Å². The Labute approximate surface area is 88.0 Å². The molecular weight excluding hydrogens is 170 g/mol. The fraction of sp³-hybridized carbons (Fsp3) is 0.846. The van der Waals surface area contributed by atoms with Crippen molar-refractivity contribution in [2.24, 2.45) is 17.8 Å². The minimum Gasteiger partial charge on any atom is -0.313 e. The molecule has 1 N–H and O–H groups in total. The molecule has 2 rings (SSSR count). The van der Waals surface area contributed by atoms with E-state index in [-0.39, 0.29) is 0 Å². The predicted octanol–water partition coefficient (Wildman–Crippen LogP) is 2.98. The molecule has 0 heterocycles. The summed E-state index contributed by atoms with van der Waals surface area (Å²) in [6.45, 7) is 8.20. The topological polar surface area (TPSA) is 12.0 Å². The van der Waals surface area contributed by atoms with Crippen LogP contribution in [0.5, 0.6) is 0 Å². The van der Waals surface area contributed by atoms with Crippen LogP contribution in [0.1, 0.15) is 40.0 Å². The summed E-state index contributed by atoms with van der Waals surface area (Å²) in [5.74, 6) is 2.63. The average Bonchev–Trinajstić information content (AvgIpc) is 2.77. The van der Waals surface area contributed by atoms with Crippen LogP contribution >= 0.6 is 0 Å². The van der Waals surface area contributed by atoms with Crippen molar-refractivity contribution in [2.45, 2.75) is 46.1 Å². The van der Waals surface area contributed by atoms with Crippen LogP contribution in [0.15, 0.2) is 11.6 Å². The van der Waals surface area contributed by atoms with Crippen LogP contribution in [0.4, 0.5) is 0 Å². The van der Waals surface area contributed by atoms with E-state index in [1.807, 2.05) is 0 Å². The standard InChI is InChI=1S/C13H23N/c1-9-4-10(2)6-12(5-9)8-14-13-7-11(13)3/h4,9,11-14H,5-8H2,1-3H3. The molecule has 0 amide bonds. The molecule has 0 bridgehead atoms. The number of hydrogen-bond donors (Lipinski definition) is 1. The molecule has 2 aliphatic carbocycles. The summed E-state index contributed by atoms with van der Waals surface area (Å²) in [7, 11) is 0. The van der Waals surface area contributed by atoms with Crippen LogP contribution in [-0.2, 0) is 0 Å². The molecule has 0 aliphatic heterocycles. The first-order valence-corrected chi connectivity index (χ1v) is 6.06. The molecule has 80 valence electrons. The molecule has 2 aliphatic rings. The maximum atomic E-state index is 3.69. The van der Waals surface area contributed by atoms with Gasteiger partial charge < -0.3 is 5.32 Å². The first-order valence-electron chi connectivity index (χ1n) is 6.06. The second kappa shape index (κ2) is 4.06. The summed E-state index contributed by atoms with van der Waals surface area (Å²) in [6.07, 6.45) is 6.54. The monoisotopic (exact) mass is 193 g/mol. The summed E-state index contributed by atoms with van der Waals surface area (Å²) in [5.41, 5.74) is 1.60. The van der Waals surface area contributed by atoms with Gasteiger partial charge in [0.05, 0.1) is 0 Å². The highest BCUT2D eigenvalue weighted by Crippen LogP contribution is 2.31. The van der Waals surface area contributed by atoms with Crippen molar-refractivity contribution in [1.29, 1.82) is 0 Å². The molecule has 0 aromatic carbocycles. The van der Waals surface area contributed by atoms with Gasteiger partial charge in [0.1, 0.15) is 0 Å². The molecule has 0 aromatic rings. The SMILES string of the molecule is CC1=CC(C)CC(CNC2CC2C)C1. The molecule has 1 saturated carbocycles. The van der Waals surface area contributed by atoms with E-state index in [4.69, 9.17) is 0 Å². The Morgan fingerprint density at radius 3 is 2.64 bits per heavy atom. The fourth-order valence-electron chi connectivity index (χ4n) is 2.77. The first kappa shape index (κ1) is 10.2. The van der Waals surface area contributed by atoms with Crippen LogP contribution in [-0.4, -0.2) is 12.6 Å². The largest absolute Gasteiger partial charge is 0.313 e. The molecule has 14 heavy (non-hydrogen) atoms. The second-order valence-electron chi connectivity index (χ2n) is 5.52. The normalized spacial score (nSPS) is 42.1. The van der Waals surface area contributed by atoms with E-state index < -0.39 is 0 Å². The zero-order chi connectivity index (χ0) is 10.1. The molecule has 1 nitrogen and oxygen atoms in total. The molecule has 1 heteroatoms. The van der Waals surface area contributed by atoms with Crippen molar-refractivity contribution in [1.82, 2.24) is 5.32 Å². The van der Waals surface area contributed by atoms with Gasteiger partial charge in [-0.1, -0.05) is 25.5 Å². The van der Waals surface area contributed by atoms with Crippen LogP contribution in [0.3, 0.4) is 0 Å². The average molecular weight is 193 g/mol. The second-order valence-corrected chi connectivity index (χ2v) is 5.52. The van der Waals surface area contributed by atoms with Gasteiger partial charge in [-0.15, -0.1) is 0 Å². The van der Waals surface area contributed by atoms with Crippen molar-refractivity contribution < 1.29 is 0 Å². The molecule has 0 spiro atoms. The number of allylic oxidation sites excluding steroid dienone is 2. The van der Waals surface area contributed by atoms with E-state index >= 15 is 0 Å².